The van der Waals surface area contributed by atoms with Gasteiger partial charge in [0.2, 0.25) is 0 Å². The first-order valence-electron chi connectivity index (χ1n) is 11.9. The van der Waals surface area contributed by atoms with E-state index in [1.54, 1.807) is 6.07 Å². The summed E-state index contributed by atoms with van der Waals surface area (Å²) in [5.74, 6) is 2.68. The van der Waals surface area contributed by atoms with E-state index in [2.05, 4.69) is 15.9 Å². The molecule has 0 unspecified atom stereocenters. The smallest absolute Gasteiger partial charge is 1.00 e. The lowest BCUT2D eigenvalue weighted by atomic mass is 9.48. The summed E-state index contributed by atoms with van der Waals surface area (Å²) < 4.78 is 6.63. The van der Waals surface area contributed by atoms with E-state index >= 15 is 0 Å². The van der Waals surface area contributed by atoms with Gasteiger partial charge in [0.15, 0.2) is 11.5 Å². The first-order valence-corrected chi connectivity index (χ1v) is 12.9. The van der Waals surface area contributed by atoms with Gasteiger partial charge in [-0.1, -0.05) is 6.07 Å². The van der Waals surface area contributed by atoms with Gasteiger partial charge in [-0.05, 0) is 62.6 Å². The van der Waals surface area contributed by atoms with Crippen molar-refractivity contribution in [1.29, 1.82) is 0 Å². The minimum absolute atomic E-state index is 0. The van der Waals surface area contributed by atoms with Crippen molar-refractivity contribution in [3.05, 3.63) is 23.3 Å². The normalized spacial score (nSPS) is 35.9. The summed E-state index contributed by atoms with van der Waals surface area (Å²) in [5.41, 5.74) is 1.02. The van der Waals surface area contributed by atoms with Crippen LogP contribution in [0.4, 0.5) is 0 Å². The number of likely N-dealkylation sites (tertiary alicyclic amines) is 1. The fourth-order valence-corrected chi connectivity index (χ4v) is 7.92. The van der Waals surface area contributed by atoms with E-state index in [0.717, 1.165) is 63.3 Å². The number of aromatic hydroxyl groups is 1. The fourth-order valence-electron chi connectivity index (χ4n) is 7.49. The van der Waals surface area contributed by atoms with Crippen molar-refractivity contribution >= 4 is 23.2 Å². The van der Waals surface area contributed by atoms with Crippen molar-refractivity contribution < 1.29 is 42.6 Å². The van der Waals surface area contributed by atoms with Crippen molar-refractivity contribution in [2.45, 2.75) is 67.7 Å². The lowest BCUT2D eigenvalue weighted by Crippen LogP contribution is -3.00. The average Bonchev–Trinajstić information content (AvgIpc) is 3.49. The van der Waals surface area contributed by atoms with Crippen LogP contribution in [0.5, 0.6) is 11.5 Å². The molecule has 1 aromatic rings. The molecule has 2 aliphatic heterocycles. The predicted octanol–water partition coefficient (Wildman–Crippen LogP) is -2.66. The number of alkyl halides is 2. The molecule has 5 nitrogen and oxygen atoms in total. The molecule has 0 amide bonds. The molecule has 2 bridgehead atoms. The Morgan fingerprint density at radius 2 is 1.85 bits per heavy atom. The zero-order chi connectivity index (χ0) is 21.4. The van der Waals surface area contributed by atoms with Crippen LogP contribution in [0.15, 0.2) is 12.1 Å². The molecule has 5 atom stereocenters. The lowest BCUT2D eigenvalue weighted by Gasteiger charge is -2.65. The van der Waals surface area contributed by atoms with Gasteiger partial charge in [-0.25, -0.2) is 0 Å². The third-order valence-corrected chi connectivity index (χ3v) is 9.28. The van der Waals surface area contributed by atoms with Crippen LogP contribution >= 0.6 is 23.2 Å². The van der Waals surface area contributed by atoms with Crippen molar-refractivity contribution in [3.63, 3.8) is 0 Å². The summed E-state index contributed by atoms with van der Waals surface area (Å²) in [7, 11) is 0. The van der Waals surface area contributed by atoms with Crippen LogP contribution in [0.1, 0.15) is 46.1 Å². The number of ether oxygens (including phenoxy) is 1. The second kappa shape index (κ2) is 9.38. The highest BCUT2D eigenvalue weighted by Crippen LogP contribution is 2.66. The minimum atomic E-state index is -0.832. The van der Waals surface area contributed by atoms with Crippen LogP contribution in [0, 0.1) is 5.92 Å². The van der Waals surface area contributed by atoms with Crippen molar-refractivity contribution in [3.8, 4) is 11.5 Å². The van der Waals surface area contributed by atoms with Crippen molar-refractivity contribution in [2.24, 2.45) is 5.92 Å². The maximum atomic E-state index is 12.5. The molecule has 9 heteroatoms. The van der Waals surface area contributed by atoms with Gasteiger partial charge < -0.3 is 39.8 Å². The van der Waals surface area contributed by atoms with E-state index in [4.69, 9.17) is 27.9 Å². The molecule has 2 saturated carbocycles. The van der Waals surface area contributed by atoms with Gasteiger partial charge in [0.1, 0.15) is 6.10 Å². The van der Waals surface area contributed by atoms with Gasteiger partial charge in [0, 0.05) is 49.0 Å². The monoisotopic (exact) mass is 538 g/mol. The number of halogens is 4. The molecule has 33 heavy (non-hydrogen) atoms. The number of piperidine rings is 1. The Morgan fingerprint density at radius 3 is 2.52 bits per heavy atom. The van der Waals surface area contributed by atoms with E-state index in [-0.39, 0.29) is 51.6 Å². The molecular formula is C24H34Cl4N2O3. The Kier molecular flexibility index (Phi) is 7.38. The Hall–Kier alpha value is -0.140. The van der Waals surface area contributed by atoms with Crippen LogP contribution in [-0.4, -0.2) is 81.7 Å². The molecule has 0 radical (unpaired) electrons. The van der Waals surface area contributed by atoms with Gasteiger partial charge in [-0.2, -0.15) is 0 Å². The number of rotatable bonds is 7. The lowest BCUT2D eigenvalue weighted by molar-refractivity contribution is -0.200. The van der Waals surface area contributed by atoms with Gasteiger partial charge in [0.25, 0.3) is 0 Å². The van der Waals surface area contributed by atoms with Crippen LogP contribution in [0.25, 0.3) is 0 Å². The maximum absolute atomic E-state index is 12.5. The Labute approximate surface area is 221 Å². The maximum Gasteiger partial charge on any atom is 1.00 e. The molecule has 5 aliphatic rings. The van der Waals surface area contributed by atoms with Gasteiger partial charge in [-0.3, -0.25) is 9.80 Å². The highest BCUT2D eigenvalue weighted by Gasteiger charge is 2.73. The molecule has 1 saturated heterocycles. The Balaban J connectivity index is 0.00000108. The molecular weight excluding hydrogens is 506 g/mol. The Bertz CT molecular complexity index is 893. The molecule has 1 spiro atoms. The van der Waals surface area contributed by atoms with Gasteiger partial charge >= 0.3 is 2.85 Å². The van der Waals surface area contributed by atoms with E-state index in [9.17, 15) is 10.2 Å². The van der Waals surface area contributed by atoms with Crippen LogP contribution in [-0.2, 0) is 11.8 Å². The van der Waals surface area contributed by atoms with E-state index in [1.807, 2.05) is 0 Å². The van der Waals surface area contributed by atoms with Crippen molar-refractivity contribution in [2.75, 3.05) is 37.9 Å². The summed E-state index contributed by atoms with van der Waals surface area (Å²) in [5, 5.41) is 23.2. The molecule has 2 N–H and O–H groups in total. The Morgan fingerprint density at radius 1 is 1.12 bits per heavy atom. The van der Waals surface area contributed by atoms with Crippen molar-refractivity contribution in [1.82, 2.24) is 9.80 Å². The van der Waals surface area contributed by atoms with Crippen LogP contribution < -0.4 is 29.6 Å². The number of aliphatic hydroxyl groups is 1. The highest BCUT2D eigenvalue weighted by atomic mass is 35.5. The van der Waals surface area contributed by atoms with Gasteiger partial charge in [0.05, 0.1) is 11.0 Å². The minimum Gasteiger partial charge on any atom is -1.00 e. The number of hydrogen-bond acceptors (Lipinski definition) is 5. The van der Waals surface area contributed by atoms with Crippen LogP contribution in [0.2, 0.25) is 0 Å². The van der Waals surface area contributed by atoms with Crippen LogP contribution in [0.3, 0.4) is 0 Å². The highest BCUT2D eigenvalue weighted by molar-refractivity contribution is 6.18. The number of hydrogen-bond donors (Lipinski definition) is 2. The first kappa shape index (κ1) is 25.9. The second-order valence-electron chi connectivity index (χ2n) is 10.3. The van der Waals surface area contributed by atoms with E-state index < -0.39 is 11.0 Å². The third-order valence-electron chi connectivity index (χ3n) is 8.94. The predicted molar refractivity (Wildman–Crippen MR) is 124 cm³/mol. The molecule has 3 aliphatic carbocycles. The molecule has 186 valence electrons. The molecule has 3 fully saturated rings. The first-order chi connectivity index (χ1) is 15.0. The average molecular weight is 540 g/mol. The number of benzene rings is 1. The van der Waals surface area contributed by atoms with E-state index in [1.165, 1.54) is 18.4 Å². The zero-order valence-corrected chi connectivity index (χ0v) is 21.7. The number of phenols is 1. The molecule has 2 heterocycles. The second-order valence-corrected chi connectivity index (χ2v) is 11.1. The standard InChI is InChI=1S/C24H32Cl2N2O3.2ClH/c25-8-11-27(12-9-26)17-5-6-24(30)19-13-16-3-4-18(29)21-20(16)23(24,22(17)31-21)7-10-28(19)14-15-1-2-15;;/h3-4,15,17,19,22,29-30H,1-2,5-14H2;2*1H/t17-,19-,22+,23+,24-;;/m1../s1. The van der Waals surface area contributed by atoms with E-state index in [0.29, 0.717) is 17.5 Å². The summed E-state index contributed by atoms with van der Waals surface area (Å²) in [4.78, 5) is 4.92. The summed E-state index contributed by atoms with van der Waals surface area (Å²) in [6.45, 7) is 3.58. The molecule has 1 aromatic carbocycles. The number of nitrogens with zero attached hydrogens (tertiary/aromatic N) is 2. The molecule has 6 rings (SSSR count). The summed E-state index contributed by atoms with van der Waals surface area (Å²) >= 11 is 12.3. The summed E-state index contributed by atoms with van der Waals surface area (Å²) in [6.07, 6.45) is 5.76. The quantitative estimate of drug-likeness (QED) is 0.370. The molecule has 0 aromatic heterocycles. The SMILES string of the molecule is Oc1ccc2c3c1O[C@H]1[C@H](N(CCCl)CCCl)CC[C@@]4(O)[C@@H](C2)N(CC2CC2)CC[C@]314.[Cl-].[Cl-].[H+].[H+]. The fraction of sp³-hybridized carbons (Fsp3) is 0.750. The van der Waals surface area contributed by atoms with Gasteiger partial charge in [-0.15, -0.1) is 23.2 Å². The number of phenolic OH excluding ortho intramolecular Hbond substituents is 1. The topological polar surface area (TPSA) is 56.2 Å². The zero-order valence-electron chi connectivity index (χ0n) is 20.7. The third kappa shape index (κ3) is 3.60. The largest absolute Gasteiger partial charge is 1.00 e. The summed E-state index contributed by atoms with van der Waals surface area (Å²) in [6, 6.07) is 4.09.